The maximum atomic E-state index is 4.73. The molecule has 2 saturated heterocycles. The van der Waals surface area contributed by atoms with Gasteiger partial charge in [0.2, 0.25) is 0 Å². The Bertz CT molecular complexity index is 474. The molecule has 4 nitrogen and oxygen atoms in total. The SMILES string of the molecule is CC12CCC(N(N=NN3CC4(C)CCC3C4(C)C)C1)C2(C)C. The monoisotopic (exact) mass is 304 g/mol. The Morgan fingerprint density at radius 3 is 1.27 bits per heavy atom. The quantitative estimate of drug-likeness (QED) is 0.713. The minimum absolute atomic E-state index is 0.362. The molecule has 2 aliphatic heterocycles. The van der Waals surface area contributed by atoms with Crippen LogP contribution in [0.15, 0.2) is 10.4 Å². The second kappa shape index (κ2) is 3.99. The summed E-state index contributed by atoms with van der Waals surface area (Å²) in [6.07, 6.45) is 5.23. The van der Waals surface area contributed by atoms with Gasteiger partial charge in [0, 0.05) is 13.1 Å². The van der Waals surface area contributed by atoms with E-state index in [4.69, 9.17) is 10.4 Å². The largest absolute Gasteiger partial charge is 0.273 e. The molecule has 4 bridgehead atoms. The zero-order chi connectivity index (χ0) is 16.0. The highest BCUT2D eigenvalue weighted by Gasteiger charge is 2.62. The van der Waals surface area contributed by atoms with E-state index in [0.29, 0.717) is 33.7 Å². The molecule has 124 valence electrons. The van der Waals surface area contributed by atoms with Crippen molar-refractivity contribution in [2.75, 3.05) is 13.1 Å². The van der Waals surface area contributed by atoms with Crippen LogP contribution in [0, 0.1) is 21.7 Å². The Labute approximate surface area is 135 Å². The number of fused-ring (bicyclic) bond motifs is 4. The molecule has 0 amide bonds. The van der Waals surface area contributed by atoms with Crippen LogP contribution in [0.1, 0.15) is 67.2 Å². The summed E-state index contributed by atoms with van der Waals surface area (Å²) in [4.78, 5) is 0. The molecule has 2 saturated carbocycles. The van der Waals surface area contributed by atoms with Crippen LogP contribution in [-0.4, -0.2) is 35.2 Å². The molecule has 4 aliphatic rings. The van der Waals surface area contributed by atoms with Crippen LogP contribution in [0.25, 0.3) is 0 Å². The molecule has 4 atom stereocenters. The lowest BCUT2D eigenvalue weighted by atomic mass is 9.71. The van der Waals surface area contributed by atoms with Crippen LogP contribution in [0.3, 0.4) is 0 Å². The summed E-state index contributed by atoms with van der Waals surface area (Å²) in [7, 11) is 0. The number of hydrogen-bond acceptors (Lipinski definition) is 2. The van der Waals surface area contributed by atoms with Crippen molar-refractivity contribution in [3.63, 3.8) is 0 Å². The molecular weight excluding hydrogens is 272 g/mol. The molecule has 2 aliphatic carbocycles. The van der Waals surface area contributed by atoms with Crippen molar-refractivity contribution >= 4 is 0 Å². The first-order chi connectivity index (χ1) is 10.1. The van der Waals surface area contributed by atoms with Gasteiger partial charge in [0.05, 0.1) is 12.1 Å². The fourth-order valence-electron chi connectivity index (χ4n) is 5.92. The lowest BCUT2D eigenvalue weighted by Gasteiger charge is -2.31. The Hall–Kier alpha value is -0.800. The molecule has 4 unspecified atom stereocenters. The number of nitrogens with zero attached hydrogens (tertiary/aromatic N) is 4. The van der Waals surface area contributed by atoms with Gasteiger partial charge < -0.3 is 0 Å². The third-order valence-corrected chi connectivity index (χ3v) is 8.73. The molecule has 2 heterocycles. The van der Waals surface area contributed by atoms with Crippen LogP contribution < -0.4 is 0 Å². The van der Waals surface area contributed by atoms with E-state index in [-0.39, 0.29) is 0 Å². The first-order valence-corrected chi connectivity index (χ1v) is 9.06. The summed E-state index contributed by atoms with van der Waals surface area (Å²) in [5, 5.41) is 14.0. The van der Waals surface area contributed by atoms with E-state index >= 15 is 0 Å². The fraction of sp³-hybridized carbons (Fsp3) is 1.00. The average Bonchev–Trinajstić information content (AvgIpc) is 2.94. The second-order valence-corrected chi connectivity index (χ2v) is 10.0. The molecule has 4 heteroatoms. The van der Waals surface area contributed by atoms with E-state index < -0.39 is 0 Å². The predicted octanol–water partition coefficient (Wildman–Crippen LogP) is 4.29. The van der Waals surface area contributed by atoms with Crippen molar-refractivity contribution in [1.29, 1.82) is 0 Å². The van der Waals surface area contributed by atoms with Gasteiger partial charge in [-0.1, -0.05) is 52.0 Å². The van der Waals surface area contributed by atoms with Gasteiger partial charge in [-0.25, -0.2) is 0 Å². The number of piperidine rings is 2. The van der Waals surface area contributed by atoms with Crippen molar-refractivity contribution in [3.05, 3.63) is 0 Å². The molecule has 0 spiro atoms. The molecule has 4 fully saturated rings. The van der Waals surface area contributed by atoms with Gasteiger partial charge >= 0.3 is 0 Å². The highest BCUT2D eigenvalue weighted by molar-refractivity contribution is 5.12. The molecular formula is C18H32N4. The first-order valence-electron chi connectivity index (χ1n) is 9.06. The lowest BCUT2D eigenvalue weighted by molar-refractivity contribution is 0.119. The van der Waals surface area contributed by atoms with Gasteiger partial charge in [-0.3, -0.25) is 10.0 Å². The van der Waals surface area contributed by atoms with Gasteiger partial charge in [-0.05, 0) is 47.3 Å². The standard InChI is InChI=1S/C18H32N4/c1-15(2)13-7-9-17(15,5)11-21(13)19-20-22-12-18(6)10-8-14(22)16(18,3)4/h13-14H,7-12H2,1-6H3. The van der Waals surface area contributed by atoms with E-state index in [0.717, 1.165) is 13.1 Å². The molecule has 22 heavy (non-hydrogen) atoms. The lowest BCUT2D eigenvalue weighted by Crippen LogP contribution is -2.34. The summed E-state index contributed by atoms with van der Waals surface area (Å²) in [5.74, 6) is 0. The van der Waals surface area contributed by atoms with Crippen molar-refractivity contribution in [2.45, 2.75) is 79.3 Å². The predicted molar refractivity (Wildman–Crippen MR) is 88.1 cm³/mol. The minimum atomic E-state index is 0.362. The zero-order valence-electron chi connectivity index (χ0n) is 15.2. The Morgan fingerprint density at radius 2 is 1.05 bits per heavy atom. The highest BCUT2D eigenvalue weighted by atomic mass is 15.7. The summed E-state index contributed by atoms with van der Waals surface area (Å²) in [6, 6.07) is 1.15. The summed E-state index contributed by atoms with van der Waals surface area (Å²) in [5.41, 5.74) is 1.54. The van der Waals surface area contributed by atoms with Crippen molar-refractivity contribution < 1.29 is 0 Å². The Balaban J connectivity index is 1.51. The second-order valence-electron chi connectivity index (χ2n) is 10.0. The third-order valence-electron chi connectivity index (χ3n) is 8.73. The van der Waals surface area contributed by atoms with E-state index in [1.54, 1.807) is 0 Å². The summed E-state index contributed by atoms with van der Waals surface area (Å²) >= 11 is 0. The van der Waals surface area contributed by atoms with Gasteiger partial charge in [-0.2, -0.15) is 0 Å². The van der Waals surface area contributed by atoms with Crippen molar-refractivity contribution in [1.82, 2.24) is 10.0 Å². The number of hydrogen-bond donors (Lipinski definition) is 0. The van der Waals surface area contributed by atoms with E-state index in [1.165, 1.54) is 25.7 Å². The van der Waals surface area contributed by atoms with Crippen LogP contribution in [0.5, 0.6) is 0 Å². The van der Waals surface area contributed by atoms with Crippen LogP contribution in [0.2, 0.25) is 0 Å². The zero-order valence-corrected chi connectivity index (χ0v) is 15.2. The average molecular weight is 304 g/mol. The van der Waals surface area contributed by atoms with E-state index in [2.05, 4.69) is 51.6 Å². The van der Waals surface area contributed by atoms with Gasteiger partial charge in [0.25, 0.3) is 0 Å². The molecule has 0 radical (unpaired) electrons. The smallest absolute Gasteiger partial charge is 0.0545 e. The molecule has 0 aromatic carbocycles. The fourth-order valence-corrected chi connectivity index (χ4v) is 5.92. The molecule has 0 N–H and O–H groups in total. The topological polar surface area (TPSA) is 31.2 Å². The maximum Gasteiger partial charge on any atom is 0.0545 e. The third kappa shape index (κ3) is 1.54. The first kappa shape index (κ1) is 14.8. The van der Waals surface area contributed by atoms with Crippen molar-refractivity contribution in [3.8, 4) is 0 Å². The van der Waals surface area contributed by atoms with Gasteiger partial charge in [-0.15, -0.1) is 0 Å². The normalized spacial score (nSPS) is 48.1. The Kier molecular flexibility index (Phi) is 2.68. The van der Waals surface area contributed by atoms with Crippen LogP contribution in [0.4, 0.5) is 0 Å². The Morgan fingerprint density at radius 1 is 0.682 bits per heavy atom. The van der Waals surface area contributed by atoms with Gasteiger partial charge in [0.15, 0.2) is 0 Å². The maximum absolute atomic E-state index is 4.73. The molecule has 0 aromatic rings. The molecule has 0 aromatic heterocycles. The summed E-state index contributed by atoms with van der Waals surface area (Å²) < 4.78 is 0. The van der Waals surface area contributed by atoms with Crippen LogP contribution >= 0.6 is 0 Å². The highest BCUT2D eigenvalue weighted by Crippen LogP contribution is 2.61. The minimum Gasteiger partial charge on any atom is -0.273 e. The van der Waals surface area contributed by atoms with E-state index in [1.807, 2.05) is 0 Å². The van der Waals surface area contributed by atoms with E-state index in [9.17, 15) is 0 Å². The van der Waals surface area contributed by atoms with Crippen LogP contribution in [-0.2, 0) is 0 Å². The summed E-state index contributed by atoms with van der Waals surface area (Å²) in [6.45, 7) is 16.7. The number of rotatable bonds is 2. The molecule has 4 rings (SSSR count). The van der Waals surface area contributed by atoms with Crippen molar-refractivity contribution in [2.24, 2.45) is 32.1 Å². The van der Waals surface area contributed by atoms with Gasteiger partial charge in [0.1, 0.15) is 0 Å².